The van der Waals surface area contributed by atoms with Crippen molar-refractivity contribution in [3.63, 3.8) is 0 Å². The first-order chi connectivity index (χ1) is 8.20. The molecule has 0 bridgehead atoms. The summed E-state index contributed by atoms with van der Waals surface area (Å²) < 4.78 is 5.61. The molecule has 17 heavy (non-hydrogen) atoms. The van der Waals surface area contributed by atoms with Crippen LogP contribution in [0.1, 0.15) is 33.1 Å². The van der Waals surface area contributed by atoms with Gasteiger partial charge in [-0.1, -0.05) is 6.92 Å². The Kier molecular flexibility index (Phi) is 4.40. The fraction of sp³-hybridized carbons (Fsp3) is 0.923. The lowest BCUT2D eigenvalue weighted by Gasteiger charge is -2.36. The van der Waals surface area contributed by atoms with Gasteiger partial charge in [-0.05, 0) is 32.7 Å². The van der Waals surface area contributed by atoms with E-state index in [9.17, 15) is 4.79 Å². The van der Waals surface area contributed by atoms with Crippen molar-refractivity contribution in [3.8, 4) is 0 Å². The van der Waals surface area contributed by atoms with Gasteiger partial charge in [0.1, 0.15) is 0 Å². The Morgan fingerprint density at radius 1 is 1.53 bits per heavy atom. The molecule has 4 heteroatoms. The van der Waals surface area contributed by atoms with Crippen LogP contribution in [0.5, 0.6) is 0 Å². The van der Waals surface area contributed by atoms with E-state index in [-0.39, 0.29) is 12.0 Å². The average Bonchev–Trinajstić information content (AvgIpc) is 2.38. The van der Waals surface area contributed by atoms with Crippen molar-refractivity contribution in [1.29, 1.82) is 0 Å². The van der Waals surface area contributed by atoms with E-state index in [1.807, 2.05) is 4.90 Å². The van der Waals surface area contributed by atoms with Gasteiger partial charge in [0.25, 0.3) is 0 Å². The summed E-state index contributed by atoms with van der Waals surface area (Å²) in [4.78, 5) is 14.4. The van der Waals surface area contributed by atoms with Crippen LogP contribution in [-0.4, -0.2) is 49.2 Å². The molecular weight excluding hydrogens is 216 g/mol. The molecule has 0 aromatic rings. The van der Waals surface area contributed by atoms with Crippen LogP contribution in [-0.2, 0) is 9.53 Å². The first-order valence-electron chi connectivity index (χ1n) is 6.84. The zero-order chi connectivity index (χ0) is 12.3. The van der Waals surface area contributed by atoms with Gasteiger partial charge in [-0.25, -0.2) is 0 Å². The van der Waals surface area contributed by atoms with Crippen LogP contribution in [0, 0.1) is 5.92 Å². The number of hydrogen-bond acceptors (Lipinski definition) is 3. The van der Waals surface area contributed by atoms with Gasteiger partial charge >= 0.3 is 0 Å². The third-order valence-electron chi connectivity index (χ3n) is 3.88. The third kappa shape index (κ3) is 3.19. The molecule has 0 radical (unpaired) electrons. The van der Waals surface area contributed by atoms with E-state index >= 15 is 0 Å². The lowest BCUT2D eigenvalue weighted by Crippen LogP contribution is -2.50. The van der Waals surface area contributed by atoms with Crippen molar-refractivity contribution < 1.29 is 9.53 Å². The number of hydrogen-bond donors (Lipinski definition) is 1. The van der Waals surface area contributed by atoms with Crippen LogP contribution in [0.15, 0.2) is 0 Å². The molecule has 0 saturated carbocycles. The molecule has 2 heterocycles. The SMILES string of the molecule is CCC1CN(C(=O)C2CCNC(C)C2)CCO1. The predicted molar refractivity (Wildman–Crippen MR) is 66.8 cm³/mol. The molecule has 1 amide bonds. The van der Waals surface area contributed by atoms with Gasteiger partial charge in [-0.2, -0.15) is 0 Å². The number of amides is 1. The normalized spacial score (nSPS) is 34.7. The summed E-state index contributed by atoms with van der Waals surface area (Å²) in [6, 6.07) is 0.473. The minimum absolute atomic E-state index is 0.224. The van der Waals surface area contributed by atoms with Crippen molar-refractivity contribution in [2.24, 2.45) is 5.92 Å². The highest BCUT2D eigenvalue weighted by Crippen LogP contribution is 2.20. The van der Waals surface area contributed by atoms with E-state index < -0.39 is 0 Å². The second-order valence-corrected chi connectivity index (χ2v) is 5.26. The lowest BCUT2D eigenvalue weighted by molar-refractivity contribution is -0.144. The second-order valence-electron chi connectivity index (χ2n) is 5.26. The van der Waals surface area contributed by atoms with Gasteiger partial charge < -0.3 is 15.0 Å². The quantitative estimate of drug-likeness (QED) is 0.783. The smallest absolute Gasteiger partial charge is 0.225 e. The molecule has 3 unspecified atom stereocenters. The third-order valence-corrected chi connectivity index (χ3v) is 3.88. The number of nitrogens with zero attached hydrogens (tertiary/aromatic N) is 1. The molecule has 3 atom stereocenters. The van der Waals surface area contributed by atoms with Crippen molar-refractivity contribution in [2.45, 2.75) is 45.3 Å². The Morgan fingerprint density at radius 3 is 3.06 bits per heavy atom. The first-order valence-corrected chi connectivity index (χ1v) is 6.84. The maximum atomic E-state index is 12.4. The first kappa shape index (κ1) is 12.8. The Bertz CT molecular complexity index is 270. The summed E-state index contributed by atoms with van der Waals surface area (Å²) in [6.45, 7) is 7.50. The monoisotopic (exact) mass is 240 g/mol. The van der Waals surface area contributed by atoms with Crippen molar-refractivity contribution in [1.82, 2.24) is 10.2 Å². The van der Waals surface area contributed by atoms with Gasteiger partial charge in [0, 0.05) is 25.0 Å². The molecule has 4 nitrogen and oxygen atoms in total. The zero-order valence-electron chi connectivity index (χ0n) is 10.9. The predicted octanol–water partition coefficient (Wildman–Crippen LogP) is 1.01. The highest BCUT2D eigenvalue weighted by Gasteiger charge is 2.31. The number of nitrogens with one attached hydrogen (secondary N) is 1. The molecule has 0 spiro atoms. The molecule has 2 fully saturated rings. The average molecular weight is 240 g/mol. The van der Waals surface area contributed by atoms with E-state index in [0.29, 0.717) is 18.6 Å². The van der Waals surface area contributed by atoms with Crippen LogP contribution >= 0.6 is 0 Å². The van der Waals surface area contributed by atoms with E-state index in [1.54, 1.807) is 0 Å². The molecule has 2 rings (SSSR count). The Morgan fingerprint density at radius 2 is 2.35 bits per heavy atom. The number of carbonyl (C=O) groups is 1. The highest BCUT2D eigenvalue weighted by molar-refractivity contribution is 5.79. The summed E-state index contributed by atoms with van der Waals surface area (Å²) in [7, 11) is 0. The van der Waals surface area contributed by atoms with Crippen LogP contribution in [0.3, 0.4) is 0 Å². The minimum atomic E-state index is 0.224. The Labute approximate surface area is 104 Å². The number of morpholine rings is 1. The molecule has 98 valence electrons. The summed E-state index contributed by atoms with van der Waals surface area (Å²) in [6.07, 6.45) is 3.20. The highest BCUT2D eigenvalue weighted by atomic mass is 16.5. The van der Waals surface area contributed by atoms with Gasteiger partial charge in [0.15, 0.2) is 0 Å². The Hall–Kier alpha value is -0.610. The van der Waals surface area contributed by atoms with Gasteiger partial charge in [-0.15, -0.1) is 0 Å². The molecule has 2 aliphatic rings. The van der Waals surface area contributed by atoms with Gasteiger partial charge in [0.05, 0.1) is 12.7 Å². The van der Waals surface area contributed by atoms with Crippen LogP contribution in [0.4, 0.5) is 0 Å². The van der Waals surface area contributed by atoms with E-state index in [4.69, 9.17) is 4.74 Å². The molecule has 2 aliphatic heterocycles. The fourth-order valence-corrected chi connectivity index (χ4v) is 2.78. The molecule has 2 saturated heterocycles. The van der Waals surface area contributed by atoms with E-state index in [1.165, 1.54) is 0 Å². The number of piperidine rings is 1. The maximum Gasteiger partial charge on any atom is 0.225 e. The summed E-state index contributed by atoms with van der Waals surface area (Å²) in [5, 5.41) is 3.39. The van der Waals surface area contributed by atoms with Crippen LogP contribution < -0.4 is 5.32 Å². The summed E-state index contributed by atoms with van der Waals surface area (Å²) >= 11 is 0. The number of carbonyl (C=O) groups excluding carboxylic acids is 1. The molecule has 0 aliphatic carbocycles. The van der Waals surface area contributed by atoms with Crippen LogP contribution in [0.2, 0.25) is 0 Å². The number of rotatable bonds is 2. The summed E-state index contributed by atoms with van der Waals surface area (Å²) in [5.74, 6) is 0.571. The van der Waals surface area contributed by atoms with Crippen molar-refractivity contribution in [3.05, 3.63) is 0 Å². The molecule has 0 aromatic heterocycles. The van der Waals surface area contributed by atoms with Gasteiger partial charge in [-0.3, -0.25) is 4.79 Å². The van der Waals surface area contributed by atoms with Crippen LogP contribution in [0.25, 0.3) is 0 Å². The maximum absolute atomic E-state index is 12.4. The van der Waals surface area contributed by atoms with E-state index in [2.05, 4.69) is 19.2 Å². The topological polar surface area (TPSA) is 41.6 Å². The largest absolute Gasteiger partial charge is 0.375 e. The Balaban J connectivity index is 1.89. The second kappa shape index (κ2) is 5.83. The summed E-state index contributed by atoms with van der Waals surface area (Å²) in [5.41, 5.74) is 0. The van der Waals surface area contributed by atoms with Crippen molar-refractivity contribution in [2.75, 3.05) is 26.2 Å². The fourth-order valence-electron chi connectivity index (χ4n) is 2.78. The molecule has 1 N–H and O–H groups in total. The number of ether oxygens (including phenoxy) is 1. The lowest BCUT2D eigenvalue weighted by atomic mass is 9.91. The zero-order valence-corrected chi connectivity index (χ0v) is 10.9. The standard InChI is InChI=1S/C13H24N2O2/c1-3-12-9-15(6-7-17-12)13(16)11-4-5-14-10(2)8-11/h10-12,14H,3-9H2,1-2H3. The minimum Gasteiger partial charge on any atom is -0.375 e. The van der Waals surface area contributed by atoms with E-state index in [0.717, 1.165) is 38.9 Å². The molecular formula is C13H24N2O2. The van der Waals surface area contributed by atoms with Gasteiger partial charge in [0.2, 0.25) is 5.91 Å². The molecule has 0 aromatic carbocycles. The van der Waals surface area contributed by atoms with Crippen molar-refractivity contribution >= 4 is 5.91 Å².